The monoisotopic (exact) mass is 320 g/mol. The highest BCUT2D eigenvalue weighted by atomic mass is 16.6. The van der Waals surface area contributed by atoms with Gasteiger partial charge in [0.15, 0.2) is 0 Å². The van der Waals surface area contributed by atoms with Crippen LogP contribution >= 0.6 is 0 Å². The van der Waals surface area contributed by atoms with Crippen LogP contribution in [0.5, 0.6) is 0 Å². The second-order valence-electron chi connectivity index (χ2n) is 6.42. The summed E-state index contributed by atoms with van der Waals surface area (Å²) in [6.07, 6.45) is 2.76. The number of amides is 1. The molecule has 0 bridgehead atoms. The number of hydrogen-bond acceptors (Lipinski definition) is 3. The molecule has 1 aliphatic carbocycles. The molecule has 2 aliphatic rings. The highest BCUT2D eigenvalue weighted by Gasteiger charge is 2.31. The Morgan fingerprint density at radius 1 is 1.12 bits per heavy atom. The van der Waals surface area contributed by atoms with Crippen molar-refractivity contribution in [3.8, 4) is 0 Å². The first kappa shape index (κ1) is 14.9. The van der Waals surface area contributed by atoms with Crippen molar-refractivity contribution in [3.63, 3.8) is 0 Å². The van der Waals surface area contributed by atoms with E-state index in [0.717, 1.165) is 25.0 Å². The molecule has 0 aromatic heterocycles. The van der Waals surface area contributed by atoms with Crippen molar-refractivity contribution in [2.45, 2.75) is 37.8 Å². The standard InChI is InChI=1S/C20H20N2O2/c23-20(21-18-11-10-15-8-4-5-9-17(15)18)19-13-16(22-24-19)12-14-6-2-1-3-7-14/h1-9,18-19H,10-13H2,(H,21,23)/t18-,19+/m0/s1. The first-order chi connectivity index (χ1) is 11.8. The summed E-state index contributed by atoms with van der Waals surface area (Å²) in [5, 5.41) is 7.23. The normalized spacial score (nSPS) is 21.8. The molecule has 2 aromatic carbocycles. The third-order valence-electron chi connectivity index (χ3n) is 4.72. The molecule has 1 amide bonds. The summed E-state index contributed by atoms with van der Waals surface area (Å²) < 4.78 is 0. The average Bonchev–Trinajstić information content (AvgIpc) is 3.24. The summed E-state index contributed by atoms with van der Waals surface area (Å²) in [5.74, 6) is -0.0662. The van der Waals surface area contributed by atoms with Gasteiger partial charge in [-0.25, -0.2) is 0 Å². The molecule has 4 rings (SSSR count). The Balaban J connectivity index is 1.34. The number of carbonyl (C=O) groups is 1. The maximum absolute atomic E-state index is 12.5. The largest absolute Gasteiger partial charge is 0.382 e. The zero-order chi connectivity index (χ0) is 16.4. The maximum atomic E-state index is 12.5. The molecule has 1 heterocycles. The number of aryl methyl sites for hydroxylation is 1. The van der Waals surface area contributed by atoms with E-state index in [1.165, 1.54) is 16.7 Å². The molecule has 0 saturated carbocycles. The fraction of sp³-hybridized carbons (Fsp3) is 0.300. The minimum Gasteiger partial charge on any atom is -0.382 e. The molecule has 0 radical (unpaired) electrons. The third kappa shape index (κ3) is 3.04. The van der Waals surface area contributed by atoms with E-state index in [-0.39, 0.29) is 11.9 Å². The van der Waals surface area contributed by atoms with Crippen LogP contribution in [-0.2, 0) is 22.5 Å². The third-order valence-corrected chi connectivity index (χ3v) is 4.72. The topological polar surface area (TPSA) is 50.7 Å². The van der Waals surface area contributed by atoms with Crippen LogP contribution in [0.1, 0.15) is 35.6 Å². The maximum Gasteiger partial charge on any atom is 0.264 e. The lowest BCUT2D eigenvalue weighted by atomic mass is 10.0. The average molecular weight is 320 g/mol. The number of rotatable bonds is 4. The zero-order valence-electron chi connectivity index (χ0n) is 13.4. The molecule has 1 N–H and O–H groups in total. The van der Waals surface area contributed by atoms with Crippen molar-refractivity contribution < 1.29 is 9.63 Å². The second-order valence-corrected chi connectivity index (χ2v) is 6.42. The summed E-state index contributed by atoms with van der Waals surface area (Å²) in [4.78, 5) is 17.9. The van der Waals surface area contributed by atoms with E-state index in [4.69, 9.17) is 4.84 Å². The van der Waals surface area contributed by atoms with Gasteiger partial charge in [-0.1, -0.05) is 59.8 Å². The van der Waals surface area contributed by atoms with Crippen molar-refractivity contribution in [1.29, 1.82) is 0 Å². The Morgan fingerprint density at radius 3 is 2.79 bits per heavy atom. The van der Waals surface area contributed by atoms with Crippen LogP contribution in [0.4, 0.5) is 0 Å². The number of fused-ring (bicyclic) bond motifs is 1. The molecule has 2 aromatic rings. The molecule has 0 unspecified atom stereocenters. The van der Waals surface area contributed by atoms with Gasteiger partial charge in [0.05, 0.1) is 11.8 Å². The molecule has 2 atom stereocenters. The first-order valence-electron chi connectivity index (χ1n) is 8.43. The van der Waals surface area contributed by atoms with Crippen molar-refractivity contribution in [2.75, 3.05) is 0 Å². The lowest BCUT2D eigenvalue weighted by Crippen LogP contribution is -2.36. The van der Waals surface area contributed by atoms with Crippen molar-refractivity contribution in [2.24, 2.45) is 5.16 Å². The quantitative estimate of drug-likeness (QED) is 0.940. The van der Waals surface area contributed by atoms with Crippen LogP contribution in [-0.4, -0.2) is 17.7 Å². The number of oxime groups is 1. The van der Waals surface area contributed by atoms with E-state index in [9.17, 15) is 4.79 Å². The first-order valence-corrected chi connectivity index (χ1v) is 8.43. The highest BCUT2D eigenvalue weighted by molar-refractivity contribution is 5.94. The van der Waals surface area contributed by atoms with Gasteiger partial charge in [0.1, 0.15) is 0 Å². The van der Waals surface area contributed by atoms with E-state index >= 15 is 0 Å². The molecule has 0 spiro atoms. The van der Waals surface area contributed by atoms with Gasteiger partial charge in [0, 0.05) is 12.8 Å². The van der Waals surface area contributed by atoms with Crippen LogP contribution in [0.15, 0.2) is 59.8 Å². The Kier molecular flexibility index (Phi) is 4.03. The van der Waals surface area contributed by atoms with E-state index in [0.29, 0.717) is 6.42 Å². The summed E-state index contributed by atoms with van der Waals surface area (Å²) in [5.41, 5.74) is 4.67. The summed E-state index contributed by atoms with van der Waals surface area (Å²) in [6, 6.07) is 18.5. The van der Waals surface area contributed by atoms with Gasteiger partial charge >= 0.3 is 0 Å². The summed E-state index contributed by atoms with van der Waals surface area (Å²) >= 11 is 0. The molecule has 4 heteroatoms. The smallest absolute Gasteiger partial charge is 0.264 e. The van der Waals surface area contributed by atoms with E-state index in [1.54, 1.807) is 0 Å². The molecule has 24 heavy (non-hydrogen) atoms. The van der Waals surface area contributed by atoms with Crippen LogP contribution in [0.2, 0.25) is 0 Å². The zero-order valence-corrected chi connectivity index (χ0v) is 13.4. The van der Waals surface area contributed by atoms with Crippen molar-refractivity contribution in [1.82, 2.24) is 5.32 Å². The minimum absolute atomic E-state index is 0.0662. The predicted octanol–water partition coefficient (Wildman–Crippen LogP) is 3.18. The van der Waals surface area contributed by atoms with E-state index in [1.807, 2.05) is 30.3 Å². The fourth-order valence-corrected chi connectivity index (χ4v) is 3.47. The summed E-state index contributed by atoms with van der Waals surface area (Å²) in [6.45, 7) is 0. The molecule has 4 nitrogen and oxygen atoms in total. The highest BCUT2D eigenvalue weighted by Crippen LogP contribution is 2.31. The van der Waals surface area contributed by atoms with Crippen LogP contribution in [0.25, 0.3) is 0 Å². The van der Waals surface area contributed by atoms with E-state index < -0.39 is 6.10 Å². The Bertz CT molecular complexity index is 770. The van der Waals surface area contributed by atoms with Crippen LogP contribution in [0.3, 0.4) is 0 Å². The van der Waals surface area contributed by atoms with Crippen LogP contribution < -0.4 is 5.32 Å². The lowest BCUT2D eigenvalue weighted by molar-refractivity contribution is -0.131. The number of nitrogens with one attached hydrogen (secondary N) is 1. The van der Waals surface area contributed by atoms with Gasteiger partial charge in [0.2, 0.25) is 6.10 Å². The van der Waals surface area contributed by atoms with Crippen molar-refractivity contribution in [3.05, 3.63) is 71.3 Å². The van der Waals surface area contributed by atoms with Gasteiger partial charge in [0.25, 0.3) is 5.91 Å². The van der Waals surface area contributed by atoms with Crippen LogP contribution in [0, 0.1) is 0 Å². The molecular formula is C20H20N2O2. The fourth-order valence-electron chi connectivity index (χ4n) is 3.47. The second kappa shape index (κ2) is 6.48. The molecular weight excluding hydrogens is 300 g/mol. The molecule has 1 aliphatic heterocycles. The van der Waals surface area contributed by atoms with Gasteiger partial charge in [-0.2, -0.15) is 0 Å². The van der Waals surface area contributed by atoms with Gasteiger partial charge < -0.3 is 10.2 Å². The lowest BCUT2D eigenvalue weighted by Gasteiger charge is -2.16. The number of benzene rings is 2. The van der Waals surface area contributed by atoms with Gasteiger partial charge in [-0.05, 0) is 29.5 Å². The number of nitrogens with zero attached hydrogens (tertiary/aromatic N) is 1. The van der Waals surface area contributed by atoms with Crippen molar-refractivity contribution >= 4 is 11.6 Å². The Hall–Kier alpha value is -2.62. The predicted molar refractivity (Wildman–Crippen MR) is 92.7 cm³/mol. The molecule has 0 saturated heterocycles. The Labute approximate surface area is 141 Å². The molecule has 0 fully saturated rings. The number of hydrogen-bond donors (Lipinski definition) is 1. The van der Waals surface area contributed by atoms with Gasteiger partial charge in [-0.3, -0.25) is 4.79 Å². The molecule has 122 valence electrons. The SMILES string of the molecule is O=C(N[C@H]1CCc2ccccc21)[C@H]1CC(Cc2ccccc2)=NO1. The Morgan fingerprint density at radius 2 is 1.92 bits per heavy atom. The number of carbonyl (C=O) groups excluding carboxylic acids is 1. The minimum atomic E-state index is -0.503. The van der Waals surface area contributed by atoms with E-state index in [2.05, 4.69) is 34.7 Å². The van der Waals surface area contributed by atoms with Gasteiger partial charge in [-0.15, -0.1) is 0 Å². The summed E-state index contributed by atoms with van der Waals surface area (Å²) in [7, 11) is 0.